The van der Waals surface area contributed by atoms with E-state index in [4.69, 9.17) is 5.73 Å². The van der Waals surface area contributed by atoms with Crippen molar-refractivity contribution in [2.45, 2.75) is 6.92 Å². The Hall–Kier alpha value is -2.31. The van der Waals surface area contributed by atoms with Crippen LogP contribution in [-0.4, -0.2) is 25.5 Å². The molecule has 0 aromatic carbocycles. The first-order chi connectivity index (χ1) is 7.99. The smallest absolute Gasteiger partial charge is 0.276 e. The van der Waals surface area contributed by atoms with E-state index in [2.05, 4.69) is 15.5 Å². The van der Waals surface area contributed by atoms with E-state index in [1.807, 2.05) is 6.92 Å². The van der Waals surface area contributed by atoms with Gasteiger partial charge in [0.1, 0.15) is 5.69 Å². The molecule has 0 radical (unpaired) electrons. The highest BCUT2D eigenvalue weighted by Gasteiger charge is 2.16. The third-order valence-electron chi connectivity index (χ3n) is 2.44. The SMILES string of the molecule is Cc1nn(C)cc1NC(=O)c1c(N)cnn1C. The fourth-order valence-electron chi connectivity index (χ4n) is 1.64. The highest BCUT2D eigenvalue weighted by Crippen LogP contribution is 2.15. The molecule has 1 amide bonds. The zero-order valence-corrected chi connectivity index (χ0v) is 9.93. The molecular weight excluding hydrogens is 220 g/mol. The third kappa shape index (κ3) is 1.99. The summed E-state index contributed by atoms with van der Waals surface area (Å²) < 4.78 is 3.08. The van der Waals surface area contributed by atoms with Crippen molar-refractivity contribution in [1.29, 1.82) is 0 Å². The molecule has 7 nitrogen and oxygen atoms in total. The molecule has 0 aliphatic heterocycles. The lowest BCUT2D eigenvalue weighted by Crippen LogP contribution is -2.17. The van der Waals surface area contributed by atoms with Gasteiger partial charge in [-0.3, -0.25) is 14.2 Å². The van der Waals surface area contributed by atoms with E-state index in [1.165, 1.54) is 10.9 Å². The number of nitrogens with two attached hydrogens (primary N) is 1. The summed E-state index contributed by atoms with van der Waals surface area (Å²) in [6.07, 6.45) is 3.19. The second-order valence-electron chi connectivity index (χ2n) is 3.83. The van der Waals surface area contributed by atoms with Crippen LogP contribution in [0.5, 0.6) is 0 Å². The second-order valence-corrected chi connectivity index (χ2v) is 3.83. The van der Waals surface area contributed by atoms with E-state index in [0.717, 1.165) is 5.69 Å². The standard InChI is InChI=1S/C10H14N6O/c1-6-8(5-15(2)14-6)13-10(17)9-7(11)4-12-16(9)3/h4-5H,11H2,1-3H3,(H,13,17). The Morgan fingerprint density at radius 3 is 2.65 bits per heavy atom. The largest absolute Gasteiger partial charge is 0.396 e. The fraction of sp³-hybridized carbons (Fsp3) is 0.300. The molecule has 2 heterocycles. The van der Waals surface area contributed by atoms with Crippen LogP contribution in [0.3, 0.4) is 0 Å². The molecule has 0 unspecified atom stereocenters. The summed E-state index contributed by atoms with van der Waals surface area (Å²) in [6, 6.07) is 0. The molecule has 0 atom stereocenters. The molecule has 90 valence electrons. The van der Waals surface area contributed by atoms with E-state index < -0.39 is 0 Å². The summed E-state index contributed by atoms with van der Waals surface area (Å²) in [5.41, 5.74) is 7.78. The average molecular weight is 234 g/mol. The maximum absolute atomic E-state index is 12.0. The highest BCUT2D eigenvalue weighted by atomic mass is 16.2. The number of rotatable bonds is 2. The van der Waals surface area contributed by atoms with E-state index >= 15 is 0 Å². The first kappa shape index (κ1) is 11.2. The zero-order chi connectivity index (χ0) is 12.6. The number of carbonyl (C=O) groups is 1. The lowest BCUT2D eigenvalue weighted by molar-refractivity contribution is 0.101. The Labute approximate surface area is 98.2 Å². The van der Waals surface area contributed by atoms with Gasteiger partial charge in [-0.25, -0.2) is 0 Å². The molecule has 0 aliphatic rings. The normalized spacial score (nSPS) is 10.5. The number of anilines is 2. The van der Waals surface area contributed by atoms with Crippen LogP contribution in [0.25, 0.3) is 0 Å². The summed E-state index contributed by atoms with van der Waals surface area (Å²) in [4.78, 5) is 12.0. The van der Waals surface area contributed by atoms with Gasteiger partial charge >= 0.3 is 0 Å². The van der Waals surface area contributed by atoms with Gasteiger partial charge < -0.3 is 11.1 Å². The minimum Gasteiger partial charge on any atom is -0.396 e. The molecule has 0 spiro atoms. The highest BCUT2D eigenvalue weighted by molar-refractivity contribution is 6.06. The molecule has 2 rings (SSSR count). The van der Waals surface area contributed by atoms with Gasteiger partial charge in [0.05, 0.1) is 23.3 Å². The first-order valence-corrected chi connectivity index (χ1v) is 5.08. The van der Waals surface area contributed by atoms with Crippen LogP contribution in [0, 0.1) is 6.92 Å². The number of nitrogens with zero attached hydrogens (tertiary/aromatic N) is 4. The second kappa shape index (κ2) is 3.93. The molecule has 0 saturated heterocycles. The molecule has 0 saturated carbocycles. The summed E-state index contributed by atoms with van der Waals surface area (Å²) in [5, 5.41) is 10.8. The van der Waals surface area contributed by atoms with E-state index in [9.17, 15) is 4.79 Å². The number of nitrogens with one attached hydrogen (secondary N) is 1. The van der Waals surface area contributed by atoms with Gasteiger partial charge in [0.25, 0.3) is 5.91 Å². The van der Waals surface area contributed by atoms with Gasteiger partial charge in [-0.15, -0.1) is 0 Å². The van der Waals surface area contributed by atoms with E-state index in [1.54, 1.807) is 25.0 Å². The van der Waals surface area contributed by atoms with Crippen molar-refractivity contribution in [3.05, 3.63) is 23.8 Å². The Morgan fingerprint density at radius 2 is 2.18 bits per heavy atom. The zero-order valence-electron chi connectivity index (χ0n) is 9.93. The van der Waals surface area contributed by atoms with Crippen molar-refractivity contribution in [3.8, 4) is 0 Å². The molecule has 2 aromatic rings. The van der Waals surface area contributed by atoms with Crippen LogP contribution < -0.4 is 11.1 Å². The topological polar surface area (TPSA) is 90.8 Å². The molecule has 0 aliphatic carbocycles. The van der Waals surface area contributed by atoms with Crippen molar-refractivity contribution < 1.29 is 4.79 Å². The number of nitrogen functional groups attached to an aromatic ring is 1. The average Bonchev–Trinajstić information content (AvgIpc) is 2.71. The monoisotopic (exact) mass is 234 g/mol. The summed E-state index contributed by atoms with van der Waals surface area (Å²) in [7, 11) is 3.46. The van der Waals surface area contributed by atoms with Crippen molar-refractivity contribution in [1.82, 2.24) is 19.6 Å². The number of hydrogen-bond acceptors (Lipinski definition) is 4. The Morgan fingerprint density at radius 1 is 1.47 bits per heavy atom. The predicted molar refractivity (Wildman–Crippen MR) is 63.5 cm³/mol. The van der Waals surface area contributed by atoms with Crippen molar-refractivity contribution in [3.63, 3.8) is 0 Å². The quantitative estimate of drug-likeness (QED) is 0.781. The van der Waals surface area contributed by atoms with Crippen LogP contribution >= 0.6 is 0 Å². The lowest BCUT2D eigenvalue weighted by Gasteiger charge is -2.04. The molecular formula is C10H14N6O. The molecule has 7 heteroatoms. The number of carbonyl (C=O) groups excluding carboxylic acids is 1. The number of aromatic nitrogens is 4. The van der Waals surface area contributed by atoms with Gasteiger partial charge in [0.15, 0.2) is 0 Å². The van der Waals surface area contributed by atoms with Crippen molar-refractivity contribution >= 4 is 17.3 Å². The van der Waals surface area contributed by atoms with Crippen LogP contribution in [-0.2, 0) is 14.1 Å². The van der Waals surface area contributed by atoms with Crippen LogP contribution in [0.1, 0.15) is 16.2 Å². The maximum Gasteiger partial charge on any atom is 0.276 e. The van der Waals surface area contributed by atoms with Gasteiger partial charge in [-0.05, 0) is 6.92 Å². The van der Waals surface area contributed by atoms with Crippen molar-refractivity contribution in [2.24, 2.45) is 14.1 Å². The molecule has 3 N–H and O–H groups in total. The van der Waals surface area contributed by atoms with Gasteiger partial charge in [-0.1, -0.05) is 0 Å². The maximum atomic E-state index is 12.0. The third-order valence-corrected chi connectivity index (χ3v) is 2.44. The summed E-state index contributed by atoms with van der Waals surface area (Å²) in [5.74, 6) is -0.293. The van der Waals surface area contributed by atoms with Gasteiger partial charge in [0.2, 0.25) is 0 Å². The summed E-state index contributed by atoms with van der Waals surface area (Å²) in [6.45, 7) is 1.82. The fourth-order valence-corrected chi connectivity index (χ4v) is 1.64. The van der Waals surface area contributed by atoms with Crippen molar-refractivity contribution in [2.75, 3.05) is 11.1 Å². The Kier molecular flexibility index (Phi) is 2.58. The Bertz CT molecular complexity index is 548. The van der Waals surface area contributed by atoms with Crippen LogP contribution in [0.4, 0.5) is 11.4 Å². The van der Waals surface area contributed by atoms with Crippen LogP contribution in [0.2, 0.25) is 0 Å². The number of hydrogen-bond donors (Lipinski definition) is 2. The molecule has 17 heavy (non-hydrogen) atoms. The van der Waals surface area contributed by atoms with E-state index in [-0.39, 0.29) is 5.91 Å². The molecule has 2 aromatic heterocycles. The number of amides is 1. The number of aryl methyl sites for hydroxylation is 3. The Balaban J connectivity index is 2.26. The van der Waals surface area contributed by atoms with Gasteiger partial charge in [-0.2, -0.15) is 10.2 Å². The van der Waals surface area contributed by atoms with E-state index in [0.29, 0.717) is 17.1 Å². The molecule has 0 bridgehead atoms. The predicted octanol–water partition coefficient (Wildman–Crippen LogP) is 0.297. The lowest BCUT2D eigenvalue weighted by atomic mass is 10.3. The minimum atomic E-state index is -0.293. The van der Waals surface area contributed by atoms with Gasteiger partial charge in [0, 0.05) is 20.3 Å². The summed E-state index contributed by atoms with van der Waals surface area (Å²) >= 11 is 0. The molecule has 0 fully saturated rings. The first-order valence-electron chi connectivity index (χ1n) is 5.08. The van der Waals surface area contributed by atoms with Crippen LogP contribution in [0.15, 0.2) is 12.4 Å². The minimum absolute atomic E-state index is 0.293.